The van der Waals surface area contributed by atoms with E-state index in [1.165, 1.54) is 0 Å². The Morgan fingerprint density at radius 3 is 2.54 bits per heavy atom. The topological polar surface area (TPSA) is 54.0 Å². The van der Waals surface area contributed by atoms with Gasteiger partial charge in [0, 0.05) is 10.7 Å². The molecule has 4 nitrogen and oxygen atoms in total. The SMILES string of the molecule is Cc1ccc(NC(=O)CNC(c2ccccc2)c2ccccn2)c(Br)c1. The molecule has 0 radical (unpaired) electrons. The van der Waals surface area contributed by atoms with Crippen LogP contribution in [0.2, 0.25) is 0 Å². The van der Waals surface area contributed by atoms with Crippen LogP contribution in [0, 0.1) is 6.92 Å². The van der Waals surface area contributed by atoms with Crippen LogP contribution in [0.4, 0.5) is 5.69 Å². The number of nitrogens with one attached hydrogen (secondary N) is 2. The minimum atomic E-state index is -0.149. The van der Waals surface area contributed by atoms with Crippen LogP contribution in [0.5, 0.6) is 0 Å². The Morgan fingerprint density at radius 2 is 1.85 bits per heavy atom. The lowest BCUT2D eigenvalue weighted by molar-refractivity contribution is -0.115. The van der Waals surface area contributed by atoms with Crippen LogP contribution in [-0.4, -0.2) is 17.4 Å². The predicted octanol–water partition coefficient (Wildman–Crippen LogP) is 4.47. The molecule has 0 saturated carbocycles. The number of hydrogen-bond donors (Lipinski definition) is 2. The Hall–Kier alpha value is -2.50. The molecule has 5 heteroatoms. The second-order valence-corrected chi connectivity index (χ2v) is 6.87. The molecule has 0 aliphatic heterocycles. The van der Waals surface area contributed by atoms with Gasteiger partial charge in [-0.25, -0.2) is 0 Å². The molecule has 1 heterocycles. The summed E-state index contributed by atoms with van der Waals surface area (Å²) in [6.45, 7) is 2.19. The van der Waals surface area contributed by atoms with E-state index in [4.69, 9.17) is 0 Å². The number of halogens is 1. The molecule has 2 aromatic carbocycles. The highest BCUT2D eigenvalue weighted by Gasteiger charge is 2.16. The number of amides is 1. The van der Waals surface area contributed by atoms with Crippen molar-refractivity contribution < 1.29 is 4.79 Å². The number of carbonyl (C=O) groups is 1. The van der Waals surface area contributed by atoms with Gasteiger partial charge in [-0.3, -0.25) is 15.1 Å². The number of carbonyl (C=O) groups excluding carboxylic acids is 1. The number of hydrogen-bond acceptors (Lipinski definition) is 3. The molecule has 0 saturated heterocycles. The summed E-state index contributed by atoms with van der Waals surface area (Å²) in [5.74, 6) is -0.105. The summed E-state index contributed by atoms with van der Waals surface area (Å²) in [5, 5.41) is 6.24. The molecular formula is C21H20BrN3O. The number of anilines is 1. The number of rotatable bonds is 6. The van der Waals surface area contributed by atoms with E-state index in [0.29, 0.717) is 0 Å². The fraction of sp³-hybridized carbons (Fsp3) is 0.143. The summed E-state index contributed by atoms with van der Waals surface area (Å²) in [7, 11) is 0. The van der Waals surface area contributed by atoms with Crippen LogP contribution in [0.25, 0.3) is 0 Å². The molecule has 26 heavy (non-hydrogen) atoms. The van der Waals surface area contributed by atoms with Gasteiger partial charge in [0.05, 0.1) is 24.0 Å². The average Bonchev–Trinajstić information content (AvgIpc) is 2.66. The quantitative estimate of drug-likeness (QED) is 0.631. The van der Waals surface area contributed by atoms with Gasteiger partial charge in [-0.1, -0.05) is 42.5 Å². The molecule has 3 rings (SSSR count). The van der Waals surface area contributed by atoms with Crippen molar-refractivity contribution in [2.75, 3.05) is 11.9 Å². The lowest BCUT2D eigenvalue weighted by Gasteiger charge is -2.19. The third-order valence-electron chi connectivity index (χ3n) is 3.98. The standard InChI is InChI=1S/C21H20BrN3O/c1-15-10-11-18(17(22)13-15)25-20(26)14-24-21(16-7-3-2-4-8-16)19-9-5-6-12-23-19/h2-13,21,24H,14H2,1H3,(H,25,26). The molecule has 0 fully saturated rings. The van der Waals surface area contributed by atoms with Crippen molar-refractivity contribution in [1.29, 1.82) is 0 Å². The van der Waals surface area contributed by atoms with Crippen LogP contribution in [0.1, 0.15) is 22.9 Å². The first-order valence-corrected chi connectivity index (χ1v) is 9.18. The van der Waals surface area contributed by atoms with Crippen LogP contribution in [0.3, 0.4) is 0 Å². The molecular weight excluding hydrogens is 390 g/mol. The summed E-state index contributed by atoms with van der Waals surface area (Å²) in [6, 6.07) is 21.5. The number of nitrogens with zero attached hydrogens (tertiary/aromatic N) is 1. The van der Waals surface area contributed by atoms with Crippen LogP contribution < -0.4 is 10.6 Å². The molecule has 132 valence electrons. The van der Waals surface area contributed by atoms with Crippen molar-refractivity contribution in [3.05, 3.63) is 94.2 Å². The maximum Gasteiger partial charge on any atom is 0.238 e. The van der Waals surface area contributed by atoms with Crippen LogP contribution in [-0.2, 0) is 4.79 Å². The number of aryl methyl sites for hydroxylation is 1. The molecule has 0 aliphatic carbocycles. The van der Waals surface area contributed by atoms with Gasteiger partial charge in [-0.15, -0.1) is 0 Å². The first-order chi connectivity index (χ1) is 12.6. The summed E-state index contributed by atoms with van der Waals surface area (Å²) in [4.78, 5) is 16.8. The van der Waals surface area contributed by atoms with E-state index in [1.54, 1.807) is 6.20 Å². The zero-order valence-corrected chi connectivity index (χ0v) is 16.0. The van der Waals surface area contributed by atoms with E-state index in [9.17, 15) is 4.79 Å². The van der Waals surface area contributed by atoms with Gasteiger partial charge in [0.1, 0.15) is 0 Å². The Bertz CT molecular complexity index is 829. The Morgan fingerprint density at radius 1 is 1.08 bits per heavy atom. The van der Waals surface area contributed by atoms with Gasteiger partial charge >= 0.3 is 0 Å². The van der Waals surface area contributed by atoms with Crippen molar-refractivity contribution in [3.63, 3.8) is 0 Å². The van der Waals surface area contributed by atoms with Crippen molar-refractivity contribution in [3.8, 4) is 0 Å². The van der Waals surface area contributed by atoms with Crippen molar-refractivity contribution in [1.82, 2.24) is 10.3 Å². The zero-order valence-electron chi connectivity index (χ0n) is 14.4. The molecule has 0 aliphatic rings. The van der Waals surface area contributed by atoms with Crippen LogP contribution in [0.15, 0.2) is 77.4 Å². The molecule has 1 aromatic heterocycles. The largest absolute Gasteiger partial charge is 0.324 e. The van der Waals surface area contributed by atoms with Crippen LogP contribution >= 0.6 is 15.9 Å². The number of aromatic nitrogens is 1. The molecule has 1 unspecified atom stereocenters. The molecule has 3 aromatic rings. The third kappa shape index (κ3) is 4.77. The summed E-state index contributed by atoms with van der Waals surface area (Å²) < 4.78 is 0.871. The van der Waals surface area contributed by atoms with E-state index < -0.39 is 0 Å². The molecule has 1 amide bonds. The molecule has 0 bridgehead atoms. The van der Waals surface area contributed by atoms with Crippen molar-refractivity contribution in [2.45, 2.75) is 13.0 Å². The van der Waals surface area contributed by atoms with E-state index in [2.05, 4.69) is 31.5 Å². The third-order valence-corrected chi connectivity index (χ3v) is 4.64. The summed E-state index contributed by atoms with van der Waals surface area (Å²) in [5.41, 5.74) is 3.84. The summed E-state index contributed by atoms with van der Waals surface area (Å²) in [6.07, 6.45) is 1.76. The Kier molecular flexibility index (Phi) is 6.15. The van der Waals surface area contributed by atoms with Gasteiger partial charge in [-0.05, 0) is 58.2 Å². The van der Waals surface area contributed by atoms with Gasteiger partial charge < -0.3 is 5.32 Å². The van der Waals surface area contributed by atoms with Gasteiger partial charge in [0.25, 0.3) is 0 Å². The van der Waals surface area contributed by atoms with Crippen molar-refractivity contribution in [2.24, 2.45) is 0 Å². The fourth-order valence-corrected chi connectivity index (χ4v) is 3.29. The first-order valence-electron chi connectivity index (χ1n) is 8.39. The van der Waals surface area contributed by atoms with Gasteiger partial charge in [0.15, 0.2) is 0 Å². The minimum Gasteiger partial charge on any atom is -0.324 e. The highest BCUT2D eigenvalue weighted by Crippen LogP contribution is 2.23. The number of benzene rings is 2. The average molecular weight is 410 g/mol. The smallest absolute Gasteiger partial charge is 0.238 e. The lowest BCUT2D eigenvalue weighted by atomic mass is 10.0. The Labute approximate surface area is 161 Å². The summed E-state index contributed by atoms with van der Waals surface area (Å²) >= 11 is 3.48. The highest BCUT2D eigenvalue weighted by molar-refractivity contribution is 9.10. The fourth-order valence-electron chi connectivity index (χ4n) is 2.70. The monoisotopic (exact) mass is 409 g/mol. The van der Waals surface area contributed by atoms with E-state index in [0.717, 1.165) is 27.0 Å². The Balaban J connectivity index is 1.71. The normalized spacial score (nSPS) is 11.8. The van der Waals surface area contributed by atoms with Crippen molar-refractivity contribution >= 4 is 27.5 Å². The maximum absolute atomic E-state index is 12.4. The first kappa shape index (κ1) is 18.3. The predicted molar refractivity (Wildman–Crippen MR) is 108 cm³/mol. The van der Waals surface area contributed by atoms with E-state index in [1.807, 2.05) is 73.7 Å². The zero-order chi connectivity index (χ0) is 18.4. The second-order valence-electron chi connectivity index (χ2n) is 6.01. The second kappa shape index (κ2) is 8.74. The number of pyridine rings is 1. The molecule has 0 spiro atoms. The van der Waals surface area contributed by atoms with E-state index >= 15 is 0 Å². The highest BCUT2D eigenvalue weighted by atomic mass is 79.9. The lowest BCUT2D eigenvalue weighted by Crippen LogP contribution is -2.32. The maximum atomic E-state index is 12.4. The van der Waals surface area contributed by atoms with E-state index in [-0.39, 0.29) is 18.5 Å². The van der Waals surface area contributed by atoms with Gasteiger partial charge in [-0.2, -0.15) is 0 Å². The molecule has 2 N–H and O–H groups in total. The minimum absolute atomic E-state index is 0.105. The van der Waals surface area contributed by atoms with Gasteiger partial charge in [0.2, 0.25) is 5.91 Å². The molecule has 1 atom stereocenters.